The Hall–Kier alpha value is -1.16. The molecule has 0 saturated carbocycles. The van der Waals surface area contributed by atoms with Crippen molar-refractivity contribution in [2.45, 2.75) is 38.8 Å². The molecule has 0 aromatic carbocycles. The van der Waals surface area contributed by atoms with Gasteiger partial charge in [0.05, 0.1) is 6.20 Å². The van der Waals surface area contributed by atoms with E-state index in [0.29, 0.717) is 12.1 Å². The highest BCUT2D eigenvalue weighted by molar-refractivity contribution is 5.39. The van der Waals surface area contributed by atoms with Gasteiger partial charge in [0, 0.05) is 18.6 Å². The topological polar surface area (TPSA) is 28.2 Å². The molecule has 2 rings (SSSR count). The predicted octanol–water partition coefficient (Wildman–Crippen LogP) is 2.19. The van der Waals surface area contributed by atoms with Crippen molar-refractivity contribution in [3.8, 4) is 0 Å². The summed E-state index contributed by atoms with van der Waals surface area (Å²) >= 11 is 0. The Morgan fingerprint density at radius 3 is 2.88 bits per heavy atom. The third kappa shape index (κ3) is 3.16. The molecule has 4 heteroatoms. The summed E-state index contributed by atoms with van der Waals surface area (Å²) in [6.07, 6.45) is 3.74. The van der Waals surface area contributed by atoms with Crippen molar-refractivity contribution in [2.24, 2.45) is 0 Å². The number of hydrogen-bond acceptors (Lipinski definition) is 3. The highest BCUT2D eigenvalue weighted by atomic mass is 19.1. The molecular weight excluding hydrogens is 217 g/mol. The molecule has 17 heavy (non-hydrogen) atoms. The van der Waals surface area contributed by atoms with Crippen LogP contribution in [0.3, 0.4) is 0 Å². The molecule has 1 atom stereocenters. The van der Waals surface area contributed by atoms with E-state index in [0.717, 1.165) is 18.9 Å². The summed E-state index contributed by atoms with van der Waals surface area (Å²) in [5.74, 6) is 0.576. The molecular formula is C13H20FN3. The van der Waals surface area contributed by atoms with Gasteiger partial charge in [-0.15, -0.1) is 0 Å². The molecule has 2 heterocycles. The monoisotopic (exact) mass is 237 g/mol. The second-order valence-corrected chi connectivity index (χ2v) is 4.87. The molecule has 0 amide bonds. The third-order valence-corrected chi connectivity index (χ3v) is 3.21. The van der Waals surface area contributed by atoms with Crippen molar-refractivity contribution in [2.75, 3.05) is 18.0 Å². The number of rotatable bonds is 4. The van der Waals surface area contributed by atoms with Gasteiger partial charge in [0.1, 0.15) is 11.6 Å². The van der Waals surface area contributed by atoms with Crippen molar-refractivity contribution in [1.82, 2.24) is 10.3 Å². The van der Waals surface area contributed by atoms with Crippen LogP contribution in [-0.4, -0.2) is 30.2 Å². The van der Waals surface area contributed by atoms with Crippen LogP contribution in [0, 0.1) is 5.82 Å². The maximum Gasteiger partial charge on any atom is 0.141 e. The minimum absolute atomic E-state index is 0.281. The van der Waals surface area contributed by atoms with E-state index < -0.39 is 0 Å². The molecule has 0 spiro atoms. The lowest BCUT2D eigenvalue weighted by Crippen LogP contribution is -2.41. The molecule has 1 aromatic rings. The van der Waals surface area contributed by atoms with Crippen LogP contribution >= 0.6 is 0 Å². The molecule has 0 aliphatic carbocycles. The SMILES string of the molecule is CC(C)N(CC1CCCN1)c1ccc(F)cn1. The van der Waals surface area contributed by atoms with E-state index in [1.54, 1.807) is 6.07 Å². The van der Waals surface area contributed by atoms with E-state index in [1.165, 1.54) is 25.1 Å². The smallest absolute Gasteiger partial charge is 0.141 e. The van der Waals surface area contributed by atoms with Gasteiger partial charge in [0.15, 0.2) is 0 Å². The predicted molar refractivity (Wildman–Crippen MR) is 67.7 cm³/mol. The van der Waals surface area contributed by atoms with Crippen LogP contribution in [0.5, 0.6) is 0 Å². The van der Waals surface area contributed by atoms with E-state index in [2.05, 4.69) is 29.0 Å². The fourth-order valence-corrected chi connectivity index (χ4v) is 2.26. The number of anilines is 1. The van der Waals surface area contributed by atoms with Crippen LogP contribution in [0.1, 0.15) is 26.7 Å². The van der Waals surface area contributed by atoms with Gasteiger partial charge in [-0.1, -0.05) is 0 Å². The standard InChI is InChI=1S/C13H20FN3/c1-10(2)17(9-12-4-3-7-15-12)13-6-5-11(14)8-16-13/h5-6,8,10,12,15H,3-4,7,9H2,1-2H3. The minimum atomic E-state index is -0.281. The van der Waals surface area contributed by atoms with Crippen molar-refractivity contribution < 1.29 is 4.39 Å². The molecule has 3 nitrogen and oxygen atoms in total. The van der Waals surface area contributed by atoms with E-state index in [-0.39, 0.29) is 5.82 Å². The molecule has 0 bridgehead atoms. The Morgan fingerprint density at radius 2 is 2.35 bits per heavy atom. The lowest BCUT2D eigenvalue weighted by Gasteiger charge is -2.30. The Kier molecular flexibility index (Phi) is 3.94. The summed E-state index contributed by atoms with van der Waals surface area (Å²) < 4.78 is 12.9. The van der Waals surface area contributed by atoms with Crippen LogP contribution in [-0.2, 0) is 0 Å². The average Bonchev–Trinajstić information content (AvgIpc) is 2.80. The summed E-state index contributed by atoms with van der Waals surface area (Å²) in [4.78, 5) is 6.39. The second kappa shape index (κ2) is 5.45. The molecule has 94 valence electrons. The van der Waals surface area contributed by atoms with Crippen LogP contribution in [0.2, 0.25) is 0 Å². The van der Waals surface area contributed by atoms with Gasteiger partial charge < -0.3 is 10.2 Å². The number of aromatic nitrogens is 1. The van der Waals surface area contributed by atoms with Crippen molar-refractivity contribution >= 4 is 5.82 Å². The molecule has 0 radical (unpaired) electrons. The lowest BCUT2D eigenvalue weighted by atomic mass is 10.2. The summed E-state index contributed by atoms with van der Waals surface area (Å²) in [7, 11) is 0. The van der Waals surface area contributed by atoms with Crippen molar-refractivity contribution in [3.05, 3.63) is 24.1 Å². The molecule has 1 aliphatic rings. The highest BCUT2D eigenvalue weighted by Crippen LogP contribution is 2.17. The maximum absolute atomic E-state index is 12.9. The zero-order chi connectivity index (χ0) is 12.3. The normalized spacial score (nSPS) is 19.9. The number of hydrogen-bond donors (Lipinski definition) is 1. The number of halogens is 1. The Labute approximate surface area is 102 Å². The maximum atomic E-state index is 12.9. The number of nitrogens with zero attached hydrogens (tertiary/aromatic N) is 2. The van der Waals surface area contributed by atoms with Crippen molar-refractivity contribution in [1.29, 1.82) is 0 Å². The van der Waals surface area contributed by atoms with Gasteiger partial charge >= 0.3 is 0 Å². The first kappa shape index (κ1) is 12.3. The van der Waals surface area contributed by atoms with Gasteiger partial charge in [-0.3, -0.25) is 0 Å². The van der Waals surface area contributed by atoms with Crippen molar-refractivity contribution in [3.63, 3.8) is 0 Å². The quantitative estimate of drug-likeness (QED) is 0.870. The van der Waals surface area contributed by atoms with Crippen LogP contribution in [0.15, 0.2) is 18.3 Å². The number of pyridine rings is 1. The Morgan fingerprint density at radius 1 is 1.53 bits per heavy atom. The van der Waals surface area contributed by atoms with E-state index in [1.807, 2.05) is 0 Å². The Bertz CT molecular complexity index is 344. The zero-order valence-corrected chi connectivity index (χ0v) is 10.5. The second-order valence-electron chi connectivity index (χ2n) is 4.87. The molecule has 1 fully saturated rings. The molecule has 1 unspecified atom stereocenters. The van der Waals surface area contributed by atoms with Crippen LogP contribution < -0.4 is 10.2 Å². The third-order valence-electron chi connectivity index (χ3n) is 3.21. The molecule has 1 saturated heterocycles. The first-order valence-electron chi connectivity index (χ1n) is 6.28. The van der Waals surface area contributed by atoms with Crippen LogP contribution in [0.25, 0.3) is 0 Å². The van der Waals surface area contributed by atoms with Crippen LogP contribution in [0.4, 0.5) is 10.2 Å². The van der Waals surface area contributed by atoms with E-state index >= 15 is 0 Å². The van der Waals surface area contributed by atoms with Gasteiger partial charge in [-0.2, -0.15) is 0 Å². The minimum Gasteiger partial charge on any atom is -0.353 e. The fourth-order valence-electron chi connectivity index (χ4n) is 2.26. The summed E-state index contributed by atoms with van der Waals surface area (Å²) in [6, 6.07) is 4.13. The zero-order valence-electron chi connectivity index (χ0n) is 10.5. The first-order valence-corrected chi connectivity index (χ1v) is 6.28. The largest absolute Gasteiger partial charge is 0.353 e. The van der Waals surface area contributed by atoms with Gasteiger partial charge in [-0.05, 0) is 45.4 Å². The van der Waals surface area contributed by atoms with Gasteiger partial charge in [-0.25, -0.2) is 9.37 Å². The van der Waals surface area contributed by atoms with Gasteiger partial charge in [0.2, 0.25) is 0 Å². The first-order chi connectivity index (χ1) is 8.16. The number of nitrogens with one attached hydrogen (secondary N) is 1. The van der Waals surface area contributed by atoms with E-state index in [9.17, 15) is 4.39 Å². The fraction of sp³-hybridized carbons (Fsp3) is 0.615. The highest BCUT2D eigenvalue weighted by Gasteiger charge is 2.20. The van der Waals surface area contributed by atoms with E-state index in [4.69, 9.17) is 0 Å². The lowest BCUT2D eigenvalue weighted by molar-refractivity contribution is 0.547. The Balaban J connectivity index is 2.08. The molecule has 1 N–H and O–H groups in total. The summed E-state index contributed by atoms with van der Waals surface area (Å²) in [6.45, 7) is 6.32. The van der Waals surface area contributed by atoms with Gasteiger partial charge in [0.25, 0.3) is 0 Å². The summed E-state index contributed by atoms with van der Waals surface area (Å²) in [5, 5.41) is 3.48. The molecule has 1 aliphatic heterocycles. The average molecular weight is 237 g/mol. The summed E-state index contributed by atoms with van der Waals surface area (Å²) in [5.41, 5.74) is 0. The molecule has 1 aromatic heterocycles.